The first-order chi connectivity index (χ1) is 8.49. The fraction of sp³-hybridized carbons (Fsp3) is 0.923. The highest BCUT2D eigenvalue weighted by atomic mass is 16.3. The van der Waals surface area contributed by atoms with Crippen LogP contribution in [0, 0.1) is 11.8 Å². The molecule has 0 heterocycles. The van der Waals surface area contributed by atoms with Crippen LogP contribution >= 0.6 is 0 Å². The number of carbonyl (C=O) groups is 1. The molecule has 4 N–H and O–H groups in total. The van der Waals surface area contributed by atoms with Gasteiger partial charge in [0, 0.05) is 11.8 Å². The van der Waals surface area contributed by atoms with E-state index in [9.17, 15) is 25.2 Å². The van der Waals surface area contributed by atoms with Crippen molar-refractivity contribution in [3.63, 3.8) is 0 Å². The molecule has 0 saturated heterocycles. The first-order valence-corrected chi connectivity index (χ1v) is 6.75. The Kier molecular flexibility index (Phi) is 4.37. The maximum atomic E-state index is 12.3. The molecule has 0 aromatic rings. The average Bonchev–Trinajstić information content (AvgIpc) is 2.28. The maximum Gasteiger partial charge on any atom is 0.144 e. The number of aliphatic hydroxyl groups excluding tert-OH is 4. The number of hydrogen-bond acceptors (Lipinski definition) is 5. The van der Waals surface area contributed by atoms with E-state index < -0.39 is 36.3 Å². The van der Waals surface area contributed by atoms with Crippen molar-refractivity contribution in [1.82, 2.24) is 0 Å². The Morgan fingerprint density at radius 3 is 1.44 bits per heavy atom. The maximum absolute atomic E-state index is 12.3. The van der Waals surface area contributed by atoms with Gasteiger partial charge in [0.25, 0.3) is 0 Å². The molecule has 2 fully saturated rings. The summed E-state index contributed by atoms with van der Waals surface area (Å²) in [5, 5.41) is 38.6. The molecular weight excluding hydrogens is 236 g/mol. The van der Waals surface area contributed by atoms with Crippen LogP contribution in [-0.4, -0.2) is 50.6 Å². The van der Waals surface area contributed by atoms with E-state index in [0.717, 1.165) is 0 Å². The Morgan fingerprint density at radius 1 is 0.722 bits per heavy atom. The van der Waals surface area contributed by atoms with E-state index in [1.165, 1.54) is 0 Å². The van der Waals surface area contributed by atoms with Crippen molar-refractivity contribution in [1.29, 1.82) is 0 Å². The number of Topliss-reactive ketones (excluding diaryl/α,β-unsaturated/α-hetero) is 1. The molecule has 0 aliphatic heterocycles. The topological polar surface area (TPSA) is 98.0 Å². The van der Waals surface area contributed by atoms with Gasteiger partial charge >= 0.3 is 0 Å². The second kappa shape index (κ2) is 5.65. The van der Waals surface area contributed by atoms with Gasteiger partial charge in [-0.15, -0.1) is 0 Å². The second-order valence-electron chi connectivity index (χ2n) is 5.68. The molecule has 5 heteroatoms. The molecule has 2 aliphatic carbocycles. The number of carbonyl (C=O) groups excluding carboxylic acids is 1. The molecule has 0 spiro atoms. The molecule has 0 aromatic heterocycles. The fourth-order valence-electron chi connectivity index (χ4n) is 3.19. The lowest BCUT2D eigenvalue weighted by molar-refractivity contribution is -0.140. The Morgan fingerprint density at radius 2 is 1.11 bits per heavy atom. The molecule has 2 aliphatic rings. The van der Waals surface area contributed by atoms with E-state index in [-0.39, 0.29) is 18.6 Å². The molecule has 2 saturated carbocycles. The van der Waals surface area contributed by atoms with Crippen LogP contribution in [0.4, 0.5) is 0 Å². The van der Waals surface area contributed by atoms with Gasteiger partial charge in [-0.2, -0.15) is 0 Å². The van der Waals surface area contributed by atoms with E-state index in [1.807, 2.05) is 0 Å². The van der Waals surface area contributed by atoms with Crippen LogP contribution in [-0.2, 0) is 4.79 Å². The zero-order valence-electron chi connectivity index (χ0n) is 10.4. The van der Waals surface area contributed by atoms with Gasteiger partial charge in [0.15, 0.2) is 0 Å². The van der Waals surface area contributed by atoms with Gasteiger partial charge in [-0.1, -0.05) is 0 Å². The summed E-state index contributed by atoms with van der Waals surface area (Å²) in [4.78, 5) is 12.3. The fourth-order valence-corrected chi connectivity index (χ4v) is 3.19. The molecule has 6 unspecified atom stereocenters. The lowest BCUT2D eigenvalue weighted by Gasteiger charge is -2.36. The molecule has 2 rings (SSSR count). The van der Waals surface area contributed by atoms with E-state index in [1.54, 1.807) is 0 Å². The molecule has 6 atom stereocenters. The standard InChI is InChI=1S/C13H22O5/c14-7-1-3-9(11(16)5-7)13(18)10-4-2-8(15)6-12(10)17/h7-12,14-17H,1-6H2. The monoisotopic (exact) mass is 258 g/mol. The van der Waals surface area contributed by atoms with Crippen LogP contribution < -0.4 is 0 Å². The lowest BCUT2D eigenvalue weighted by atomic mass is 9.73. The first kappa shape index (κ1) is 13.9. The highest BCUT2D eigenvalue weighted by molar-refractivity contribution is 5.84. The normalized spacial score (nSPS) is 45.8. The highest BCUT2D eigenvalue weighted by Gasteiger charge is 2.40. The summed E-state index contributed by atoms with van der Waals surface area (Å²) in [7, 11) is 0. The number of aliphatic hydroxyl groups is 4. The summed E-state index contributed by atoms with van der Waals surface area (Å²) in [5.41, 5.74) is 0. The number of hydrogen-bond donors (Lipinski definition) is 4. The van der Waals surface area contributed by atoms with Crippen molar-refractivity contribution in [3.8, 4) is 0 Å². The van der Waals surface area contributed by atoms with Gasteiger partial charge in [0.2, 0.25) is 0 Å². The quantitative estimate of drug-likeness (QED) is 0.540. The summed E-state index contributed by atoms with van der Waals surface area (Å²) in [5.74, 6) is -1.04. The molecule has 104 valence electrons. The largest absolute Gasteiger partial charge is 0.393 e. The summed E-state index contributed by atoms with van der Waals surface area (Å²) in [6.07, 6.45) is -0.175. The van der Waals surface area contributed by atoms with Gasteiger partial charge in [-0.05, 0) is 38.5 Å². The molecule has 0 amide bonds. The molecule has 5 nitrogen and oxygen atoms in total. The minimum Gasteiger partial charge on any atom is -0.393 e. The first-order valence-electron chi connectivity index (χ1n) is 6.75. The minimum atomic E-state index is -0.805. The number of rotatable bonds is 2. The summed E-state index contributed by atoms with van der Waals surface area (Å²) in [6, 6.07) is 0. The third kappa shape index (κ3) is 2.91. The van der Waals surface area contributed by atoms with Crippen molar-refractivity contribution in [3.05, 3.63) is 0 Å². The Balaban J connectivity index is 1.98. The smallest absolute Gasteiger partial charge is 0.144 e. The molecule has 18 heavy (non-hydrogen) atoms. The van der Waals surface area contributed by atoms with Crippen LogP contribution in [0.1, 0.15) is 38.5 Å². The summed E-state index contributed by atoms with van der Waals surface area (Å²) in [6.45, 7) is 0. The minimum absolute atomic E-state index is 0.103. The van der Waals surface area contributed by atoms with Crippen molar-refractivity contribution < 1.29 is 25.2 Å². The van der Waals surface area contributed by atoms with Crippen LogP contribution in [0.5, 0.6) is 0 Å². The summed E-state index contributed by atoms with van der Waals surface area (Å²) < 4.78 is 0. The van der Waals surface area contributed by atoms with Crippen molar-refractivity contribution in [2.45, 2.75) is 62.9 Å². The van der Waals surface area contributed by atoms with Gasteiger partial charge < -0.3 is 20.4 Å². The van der Waals surface area contributed by atoms with Crippen LogP contribution in [0.3, 0.4) is 0 Å². The van der Waals surface area contributed by atoms with Crippen LogP contribution in [0.25, 0.3) is 0 Å². The molecular formula is C13H22O5. The van der Waals surface area contributed by atoms with E-state index in [4.69, 9.17) is 0 Å². The predicted molar refractivity (Wildman–Crippen MR) is 63.7 cm³/mol. The zero-order valence-corrected chi connectivity index (χ0v) is 10.4. The third-order valence-electron chi connectivity index (χ3n) is 4.31. The average molecular weight is 258 g/mol. The number of ketones is 1. The van der Waals surface area contributed by atoms with E-state index in [0.29, 0.717) is 25.7 Å². The third-order valence-corrected chi connectivity index (χ3v) is 4.31. The SMILES string of the molecule is O=C(C1CCC(O)CC1O)C1CCC(O)CC1O. The van der Waals surface area contributed by atoms with E-state index >= 15 is 0 Å². The molecule has 0 bridgehead atoms. The van der Waals surface area contributed by atoms with Crippen molar-refractivity contribution >= 4 is 5.78 Å². The lowest BCUT2D eigenvalue weighted by Crippen LogP contribution is -2.44. The Bertz CT molecular complexity index is 278. The van der Waals surface area contributed by atoms with Gasteiger partial charge in [-0.3, -0.25) is 4.79 Å². The van der Waals surface area contributed by atoms with Crippen LogP contribution in [0.15, 0.2) is 0 Å². The van der Waals surface area contributed by atoms with Gasteiger partial charge in [0.05, 0.1) is 24.4 Å². The van der Waals surface area contributed by atoms with Gasteiger partial charge in [-0.25, -0.2) is 0 Å². The zero-order chi connectivity index (χ0) is 13.3. The Labute approximate surface area is 106 Å². The highest BCUT2D eigenvalue weighted by Crippen LogP contribution is 2.33. The van der Waals surface area contributed by atoms with Gasteiger partial charge in [0.1, 0.15) is 5.78 Å². The van der Waals surface area contributed by atoms with E-state index in [2.05, 4.69) is 0 Å². The second-order valence-corrected chi connectivity index (χ2v) is 5.68. The molecule has 0 aromatic carbocycles. The predicted octanol–water partition coefficient (Wildman–Crippen LogP) is -0.401. The van der Waals surface area contributed by atoms with Crippen molar-refractivity contribution in [2.24, 2.45) is 11.8 Å². The Hall–Kier alpha value is -0.490. The summed E-state index contributed by atoms with van der Waals surface area (Å²) >= 11 is 0. The molecule has 0 radical (unpaired) electrons. The van der Waals surface area contributed by atoms with Crippen molar-refractivity contribution in [2.75, 3.05) is 0 Å². The van der Waals surface area contributed by atoms with Crippen LogP contribution in [0.2, 0.25) is 0 Å².